The molecule has 0 spiro atoms. The number of carbonyl (C=O) groups is 3. The van der Waals surface area contributed by atoms with Crippen molar-refractivity contribution < 1.29 is 14.4 Å². The molecule has 6 nitrogen and oxygen atoms in total. The summed E-state index contributed by atoms with van der Waals surface area (Å²) in [6.45, 7) is 6.51. The topological polar surface area (TPSA) is 87.3 Å². The monoisotopic (exact) mass is 319 g/mol. The number of amides is 3. The maximum absolute atomic E-state index is 11.9. The highest BCUT2D eigenvalue weighted by Gasteiger charge is 2.07. The van der Waals surface area contributed by atoms with Gasteiger partial charge in [-0.05, 0) is 30.2 Å². The van der Waals surface area contributed by atoms with E-state index in [1.807, 2.05) is 13.8 Å². The van der Waals surface area contributed by atoms with Gasteiger partial charge in [-0.3, -0.25) is 14.4 Å². The number of nitrogens with one attached hydrogen (secondary N) is 3. The first kappa shape index (κ1) is 18.7. The second kappa shape index (κ2) is 9.61. The number of rotatable bonds is 8. The molecule has 0 saturated heterocycles. The molecule has 0 fully saturated rings. The van der Waals surface area contributed by atoms with E-state index in [0.29, 0.717) is 43.1 Å². The molecule has 0 atom stereocenters. The standard InChI is InChI=1S/C17H25N3O3/c1-4-15(21)18-9-10-19-17(23)13-5-7-14(8-6-13)20-16(22)11-12(2)3/h5-8,12H,4,9-11H2,1-3H3,(H,18,21)(H,19,23)(H,20,22). The third-order valence-corrected chi connectivity index (χ3v) is 3.08. The Balaban J connectivity index is 2.41. The molecule has 0 aliphatic rings. The van der Waals surface area contributed by atoms with Gasteiger partial charge in [-0.15, -0.1) is 0 Å². The second-order valence-corrected chi connectivity index (χ2v) is 5.68. The van der Waals surface area contributed by atoms with Crippen LogP contribution in [0.15, 0.2) is 24.3 Å². The molecular formula is C17H25N3O3. The van der Waals surface area contributed by atoms with E-state index in [0.717, 1.165) is 0 Å². The van der Waals surface area contributed by atoms with Crippen LogP contribution in [0.4, 0.5) is 5.69 Å². The lowest BCUT2D eigenvalue weighted by molar-refractivity contribution is -0.120. The van der Waals surface area contributed by atoms with Crippen molar-refractivity contribution in [2.75, 3.05) is 18.4 Å². The summed E-state index contributed by atoms with van der Waals surface area (Å²) >= 11 is 0. The van der Waals surface area contributed by atoms with Crippen LogP contribution in [0.5, 0.6) is 0 Å². The maximum atomic E-state index is 11.9. The first-order valence-electron chi connectivity index (χ1n) is 7.87. The fourth-order valence-corrected chi connectivity index (χ4v) is 1.89. The van der Waals surface area contributed by atoms with Crippen molar-refractivity contribution in [3.63, 3.8) is 0 Å². The van der Waals surface area contributed by atoms with E-state index in [9.17, 15) is 14.4 Å². The van der Waals surface area contributed by atoms with Crippen molar-refractivity contribution in [3.8, 4) is 0 Å². The van der Waals surface area contributed by atoms with Crippen LogP contribution in [0.25, 0.3) is 0 Å². The normalized spacial score (nSPS) is 10.3. The van der Waals surface area contributed by atoms with E-state index in [1.54, 1.807) is 31.2 Å². The Morgan fingerprint density at radius 2 is 1.57 bits per heavy atom. The molecule has 23 heavy (non-hydrogen) atoms. The summed E-state index contributed by atoms with van der Waals surface area (Å²) in [5.41, 5.74) is 1.18. The molecule has 6 heteroatoms. The van der Waals surface area contributed by atoms with Crippen LogP contribution in [0.3, 0.4) is 0 Å². The van der Waals surface area contributed by atoms with Crippen molar-refractivity contribution in [1.82, 2.24) is 10.6 Å². The smallest absolute Gasteiger partial charge is 0.251 e. The molecule has 0 unspecified atom stereocenters. The van der Waals surface area contributed by atoms with Crippen LogP contribution >= 0.6 is 0 Å². The van der Waals surface area contributed by atoms with Gasteiger partial charge in [0.05, 0.1) is 0 Å². The fourth-order valence-electron chi connectivity index (χ4n) is 1.89. The van der Waals surface area contributed by atoms with Crippen molar-refractivity contribution >= 4 is 23.4 Å². The van der Waals surface area contributed by atoms with Gasteiger partial charge in [-0.1, -0.05) is 20.8 Å². The zero-order valence-corrected chi connectivity index (χ0v) is 13.9. The molecule has 3 amide bonds. The molecular weight excluding hydrogens is 294 g/mol. The van der Waals surface area contributed by atoms with E-state index in [4.69, 9.17) is 0 Å². The quantitative estimate of drug-likeness (QED) is 0.640. The lowest BCUT2D eigenvalue weighted by atomic mass is 10.1. The van der Waals surface area contributed by atoms with Crippen LogP contribution in [-0.2, 0) is 9.59 Å². The van der Waals surface area contributed by atoms with Gasteiger partial charge in [-0.2, -0.15) is 0 Å². The predicted molar refractivity (Wildman–Crippen MR) is 90.2 cm³/mol. The average Bonchev–Trinajstić information content (AvgIpc) is 2.50. The summed E-state index contributed by atoms with van der Waals surface area (Å²) in [4.78, 5) is 34.7. The third-order valence-electron chi connectivity index (χ3n) is 3.08. The van der Waals surface area contributed by atoms with Crippen LogP contribution in [0, 0.1) is 5.92 Å². The minimum Gasteiger partial charge on any atom is -0.354 e. The molecule has 0 bridgehead atoms. The van der Waals surface area contributed by atoms with E-state index >= 15 is 0 Å². The Hall–Kier alpha value is -2.37. The largest absolute Gasteiger partial charge is 0.354 e. The summed E-state index contributed by atoms with van der Waals surface area (Å²) < 4.78 is 0. The molecule has 126 valence electrons. The number of carbonyl (C=O) groups excluding carboxylic acids is 3. The van der Waals surface area contributed by atoms with Gasteiger partial charge in [0.25, 0.3) is 5.91 Å². The van der Waals surface area contributed by atoms with Gasteiger partial charge in [0.15, 0.2) is 0 Å². The van der Waals surface area contributed by atoms with Crippen molar-refractivity contribution in [2.45, 2.75) is 33.6 Å². The molecule has 0 aliphatic heterocycles. The van der Waals surface area contributed by atoms with Crippen LogP contribution in [-0.4, -0.2) is 30.8 Å². The SMILES string of the molecule is CCC(=O)NCCNC(=O)c1ccc(NC(=O)CC(C)C)cc1. The van der Waals surface area contributed by atoms with Gasteiger partial charge in [0.2, 0.25) is 11.8 Å². The summed E-state index contributed by atoms with van der Waals surface area (Å²) in [6.07, 6.45) is 0.893. The second-order valence-electron chi connectivity index (χ2n) is 5.68. The highest BCUT2D eigenvalue weighted by Crippen LogP contribution is 2.11. The van der Waals surface area contributed by atoms with Gasteiger partial charge in [0.1, 0.15) is 0 Å². The van der Waals surface area contributed by atoms with Crippen molar-refractivity contribution in [2.24, 2.45) is 5.92 Å². The Morgan fingerprint density at radius 3 is 2.13 bits per heavy atom. The zero-order valence-electron chi connectivity index (χ0n) is 13.9. The molecule has 0 aromatic heterocycles. The van der Waals surface area contributed by atoms with E-state index in [2.05, 4.69) is 16.0 Å². The highest BCUT2D eigenvalue weighted by molar-refractivity contribution is 5.95. The maximum Gasteiger partial charge on any atom is 0.251 e. The lowest BCUT2D eigenvalue weighted by Gasteiger charge is -2.09. The number of benzene rings is 1. The van der Waals surface area contributed by atoms with Crippen molar-refractivity contribution in [1.29, 1.82) is 0 Å². The van der Waals surface area contributed by atoms with Gasteiger partial charge in [0, 0.05) is 37.2 Å². The summed E-state index contributed by atoms with van der Waals surface area (Å²) in [5.74, 6) is 0.00802. The molecule has 0 aliphatic carbocycles. The van der Waals surface area contributed by atoms with E-state index in [1.165, 1.54) is 0 Å². The molecule has 0 saturated carbocycles. The molecule has 3 N–H and O–H groups in total. The molecule has 0 radical (unpaired) electrons. The Labute approximate surface area is 137 Å². The summed E-state index contributed by atoms with van der Waals surface area (Å²) in [6, 6.07) is 6.72. The summed E-state index contributed by atoms with van der Waals surface area (Å²) in [5, 5.41) is 8.20. The minimum atomic E-state index is -0.212. The number of hydrogen-bond acceptors (Lipinski definition) is 3. The highest BCUT2D eigenvalue weighted by atomic mass is 16.2. The summed E-state index contributed by atoms with van der Waals surface area (Å²) in [7, 11) is 0. The average molecular weight is 319 g/mol. The van der Waals surface area contributed by atoms with Gasteiger partial charge >= 0.3 is 0 Å². The van der Waals surface area contributed by atoms with Crippen LogP contribution in [0.2, 0.25) is 0 Å². The predicted octanol–water partition coefficient (Wildman–Crippen LogP) is 1.93. The zero-order chi connectivity index (χ0) is 17.2. The first-order valence-corrected chi connectivity index (χ1v) is 7.87. The van der Waals surface area contributed by atoms with E-state index in [-0.39, 0.29) is 17.7 Å². The Morgan fingerprint density at radius 1 is 0.957 bits per heavy atom. The van der Waals surface area contributed by atoms with Crippen LogP contribution in [0.1, 0.15) is 44.0 Å². The van der Waals surface area contributed by atoms with Gasteiger partial charge < -0.3 is 16.0 Å². The number of hydrogen-bond donors (Lipinski definition) is 3. The number of anilines is 1. The van der Waals surface area contributed by atoms with E-state index < -0.39 is 0 Å². The molecule has 1 aromatic rings. The molecule has 1 rings (SSSR count). The van der Waals surface area contributed by atoms with Crippen molar-refractivity contribution in [3.05, 3.63) is 29.8 Å². The first-order chi connectivity index (χ1) is 10.9. The molecule has 0 heterocycles. The third kappa shape index (κ3) is 7.44. The van der Waals surface area contributed by atoms with Crippen LogP contribution < -0.4 is 16.0 Å². The Kier molecular flexibility index (Phi) is 7.80. The fraction of sp³-hybridized carbons (Fsp3) is 0.471. The Bertz CT molecular complexity index is 539. The molecule has 1 aromatic carbocycles. The van der Waals surface area contributed by atoms with Gasteiger partial charge in [-0.25, -0.2) is 0 Å². The minimum absolute atomic E-state index is 0.0381. The lowest BCUT2D eigenvalue weighted by Crippen LogP contribution is -2.34.